The summed E-state index contributed by atoms with van der Waals surface area (Å²) in [5, 5.41) is 13.5. The summed E-state index contributed by atoms with van der Waals surface area (Å²) in [5.41, 5.74) is 0.970. The van der Waals surface area contributed by atoms with Crippen LogP contribution in [0.2, 0.25) is 0 Å². The van der Waals surface area contributed by atoms with Gasteiger partial charge in [0.2, 0.25) is 5.91 Å². The number of ether oxygens (including phenoxy) is 1. The summed E-state index contributed by atoms with van der Waals surface area (Å²) in [6.45, 7) is -0.0301. The molecule has 0 aliphatic heterocycles. The largest absolute Gasteiger partial charge is 0.496 e. The van der Waals surface area contributed by atoms with E-state index in [4.69, 9.17) is 9.15 Å². The van der Waals surface area contributed by atoms with Crippen molar-refractivity contribution in [3.05, 3.63) is 68.7 Å². The number of rotatable bonds is 6. The van der Waals surface area contributed by atoms with Crippen molar-refractivity contribution in [3.8, 4) is 5.75 Å². The molecule has 0 unspecified atom stereocenters. The maximum Gasteiger partial charge on any atom is 0.420 e. The number of para-hydroxylation sites is 1. The standard InChI is InChI=1S/C17H15N3O6/c1-25-14-5-3-2-4-11(14)9-18-16(21)10-19-13-7-6-12(20(23)24)8-15(13)26-17(19)22/h2-8H,9-10H2,1H3,(H,18,21). The fourth-order valence-corrected chi connectivity index (χ4v) is 2.56. The molecule has 1 heterocycles. The molecule has 0 fully saturated rings. The van der Waals surface area contributed by atoms with E-state index in [2.05, 4.69) is 5.32 Å². The Balaban J connectivity index is 1.76. The number of nitro benzene ring substituents is 1. The van der Waals surface area contributed by atoms with Crippen molar-refractivity contribution in [2.45, 2.75) is 13.1 Å². The van der Waals surface area contributed by atoms with E-state index in [1.807, 2.05) is 18.2 Å². The Bertz CT molecular complexity index is 1040. The second-order valence-corrected chi connectivity index (χ2v) is 5.45. The Hall–Kier alpha value is -3.62. The lowest BCUT2D eigenvalue weighted by molar-refractivity contribution is -0.384. The van der Waals surface area contributed by atoms with Gasteiger partial charge in [-0.05, 0) is 12.1 Å². The van der Waals surface area contributed by atoms with Crippen LogP contribution in [0.1, 0.15) is 5.56 Å². The van der Waals surface area contributed by atoms with Crippen LogP contribution in [0.3, 0.4) is 0 Å². The van der Waals surface area contributed by atoms with E-state index in [0.29, 0.717) is 11.3 Å². The summed E-state index contributed by atoms with van der Waals surface area (Å²) in [6.07, 6.45) is 0. The summed E-state index contributed by atoms with van der Waals surface area (Å²) >= 11 is 0. The predicted molar refractivity (Wildman–Crippen MR) is 92.0 cm³/mol. The van der Waals surface area contributed by atoms with Crippen LogP contribution < -0.4 is 15.8 Å². The van der Waals surface area contributed by atoms with Crippen LogP contribution in [0, 0.1) is 10.1 Å². The first-order valence-corrected chi connectivity index (χ1v) is 7.66. The quantitative estimate of drug-likeness (QED) is 0.531. The lowest BCUT2D eigenvalue weighted by atomic mass is 10.2. The molecule has 0 radical (unpaired) electrons. The number of benzene rings is 2. The number of hydrogen-bond acceptors (Lipinski definition) is 6. The molecule has 0 aliphatic carbocycles. The maximum atomic E-state index is 12.2. The van der Waals surface area contributed by atoms with Gasteiger partial charge >= 0.3 is 5.76 Å². The molecule has 26 heavy (non-hydrogen) atoms. The van der Waals surface area contributed by atoms with Crippen LogP contribution in [0.15, 0.2) is 51.7 Å². The van der Waals surface area contributed by atoms with Crippen molar-refractivity contribution in [1.29, 1.82) is 0 Å². The Kier molecular flexibility index (Phi) is 4.70. The van der Waals surface area contributed by atoms with Gasteiger partial charge in [-0.25, -0.2) is 4.79 Å². The van der Waals surface area contributed by atoms with Gasteiger partial charge in [-0.3, -0.25) is 19.5 Å². The normalized spacial score (nSPS) is 10.7. The van der Waals surface area contributed by atoms with Crippen molar-refractivity contribution >= 4 is 22.7 Å². The van der Waals surface area contributed by atoms with Gasteiger partial charge in [0.15, 0.2) is 5.58 Å². The third kappa shape index (κ3) is 3.41. The molecule has 1 amide bonds. The second kappa shape index (κ2) is 7.09. The van der Waals surface area contributed by atoms with Gasteiger partial charge in [0.25, 0.3) is 5.69 Å². The van der Waals surface area contributed by atoms with Gasteiger partial charge in [0.1, 0.15) is 12.3 Å². The van der Waals surface area contributed by atoms with Gasteiger partial charge in [-0.2, -0.15) is 0 Å². The highest BCUT2D eigenvalue weighted by Gasteiger charge is 2.16. The van der Waals surface area contributed by atoms with Crippen molar-refractivity contribution in [2.75, 3.05) is 7.11 Å². The number of aromatic nitrogens is 1. The molecule has 1 N–H and O–H groups in total. The third-order valence-electron chi connectivity index (χ3n) is 3.83. The Morgan fingerprint density at radius 1 is 1.31 bits per heavy atom. The van der Waals surface area contributed by atoms with E-state index >= 15 is 0 Å². The molecular formula is C17H15N3O6. The number of carbonyl (C=O) groups excluding carboxylic acids is 1. The number of fused-ring (bicyclic) bond motifs is 1. The lowest BCUT2D eigenvalue weighted by Gasteiger charge is -2.09. The second-order valence-electron chi connectivity index (χ2n) is 5.45. The molecular weight excluding hydrogens is 342 g/mol. The fraction of sp³-hybridized carbons (Fsp3) is 0.176. The number of methoxy groups -OCH3 is 1. The summed E-state index contributed by atoms with van der Waals surface area (Å²) in [5.74, 6) is -0.516. The van der Waals surface area contributed by atoms with Crippen LogP contribution in [0.25, 0.3) is 11.1 Å². The molecule has 0 saturated carbocycles. The zero-order chi connectivity index (χ0) is 18.7. The number of hydrogen-bond donors (Lipinski definition) is 1. The Morgan fingerprint density at radius 2 is 2.08 bits per heavy atom. The van der Waals surface area contributed by atoms with Crippen molar-refractivity contribution in [3.63, 3.8) is 0 Å². The predicted octanol–water partition coefficient (Wildman–Crippen LogP) is 1.83. The number of amides is 1. The molecule has 0 bridgehead atoms. The molecule has 9 nitrogen and oxygen atoms in total. The van der Waals surface area contributed by atoms with Gasteiger partial charge in [-0.1, -0.05) is 18.2 Å². The topological polar surface area (TPSA) is 117 Å². The zero-order valence-electron chi connectivity index (χ0n) is 13.8. The average molecular weight is 357 g/mol. The van der Waals surface area contributed by atoms with Crippen molar-refractivity contribution < 1.29 is 18.9 Å². The molecule has 134 valence electrons. The van der Waals surface area contributed by atoms with Crippen LogP contribution in [-0.2, 0) is 17.9 Å². The van der Waals surface area contributed by atoms with E-state index in [-0.39, 0.29) is 24.4 Å². The first kappa shape index (κ1) is 17.2. The van der Waals surface area contributed by atoms with Gasteiger partial charge < -0.3 is 14.5 Å². The van der Waals surface area contributed by atoms with Gasteiger partial charge in [-0.15, -0.1) is 0 Å². The number of non-ortho nitro benzene ring substituents is 1. The zero-order valence-corrected chi connectivity index (χ0v) is 13.8. The summed E-state index contributed by atoms with van der Waals surface area (Å²) in [7, 11) is 1.54. The summed E-state index contributed by atoms with van der Waals surface area (Å²) in [4.78, 5) is 34.4. The first-order valence-electron chi connectivity index (χ1n) is 7.66. The molecule has 0 spiro atoms. The molecule has 0 saturated heterocycles. The monoisotopic (exact) mass is 357 g/mol. The highest BCUT2D eigenvalue weighted by molar-refractivity contribution is 5.80. The van der Waals surface area contributed by atoms with E-state index in [9.17, 15) is 19.7 Å². The van der Waals surface area contributed by atoms with Crippen molar-refractivity contribution in [1.82, 2.24) is 9.88 Å². The SMILES string of the molecule is COc1ccccc1CNC(=O)Cn1c(=O)oc2cc([N+](=O)[O-])ccc21. The Morgan fingerprint density at radius 3 is 2.81 bits per heavy atom. The van der Waals surface area contributed by atoms with Crippen LogP contribution in [0.4, 0.5) is 5.69 Å². The van der Waals surface area contributed by atoms with E-state index < -0.39 is 16.6 Å². The fourth-order valence-electron chi connectivity index (χ4n) is 2.56. The van der Waals surface area contributed by atoms with E-state index in [0.717, 1.165) is 16.2 Å². The minimum Gasteiger partial charge on any atom is -0.496 e. The minimum absolute atomic E-state index is 0.0572. The smallest absolute Gasteiger partial charge is 0.420 e. The number of oxazole rings is 1. The minimum atomic E-state index is -0.757. The first-order chi connectivity index (χ1) is 12.5. The van der Waals surface area contributed by atoms with Gasteiger partial charge in [0.05, 0.1) is 23.6 Å². The van der Waals surface area contributed by atoms with E-state index in [1.54, 1.807) is 6.07 Å². The third-order valence-corrected chi connectivity index (χ3v) is 3.83. The molecule has 1 aromatic heterocycles. The van der Waals surface area contributed by atoms with Crippen LogP contribution >= 0.6 is 0 Å². The molecule has 2 aromatic carbocycles. The van der Waals surface area contributed by atoms with Crippen LogP contribution in [0.5, 0.6) is 5.75 Å². The molecule has 3 rings (SSSR count). The van der Waals surface area contributed by atoms with Crippen molar-refractivity contribution in [2.24, 2.45) is 0 Å². The highest BCUT2D eigenvalue weighted by atomic mass is 16.6. The maximum absolute atomic E-state index is 12.2. The highest BCUT2D eigenvalue weighted by Crippen LogP contribution is 2.20. The summed E-state index contributed by atoms with van der Waals surface area (Å²) < 4.78 is 11.3. The van der Waals surface area contributed by atoms with Crippen LogP contribution in [-0.4, -0.2) is 22.5 Å². The number of nitro groups is 1. The Labute approximate surface area is 146 Å². The average Bonchev–Trinajstić information content (AvgIpc) is 2.94. The molecule has 0 aliphatic rings. The molecule has 9 heteroatoms. The summed E-state index contributed by atoms with van der Waals surface area (Å²) in [6, 6.07) is 11.0. The lowest BCUT2D eigenvalue weighted by Crippen LogP contribution is -2.30. The molecule has 3 aromatic rings. The van der Waals surface area contributed by atoms with E-state index in [1.165, 1.54) is 19.2 Å². The van der Waals surface area contributed by atoms with Gasteiger partial charge in [0, 0.05) is 18.2 Å². The molecule has 0 atom stereocenters. The number of nitrogens with zero attached hydrogens (tertiary/aromatic N) is 2. The number of carbonyl (C=O) groups is 1. The number of nitrogens with one attached hydrogen (secondary N) is 1.